The molecule has 0 spiro atoms. The summed E-state index contributed by atoms with van der Waals surface area (Å²) in [5.74, 6) is 0.470. The predicted molar refractivity (Wildman–Crippen MR) is 77.8 cm³/mol. The van der Waals surface area contributed by atoms with Crippen LogP contribution in [0.25, 0.3) is 0 Å². The predicted octanol–water partition coefficient (Wildman–Crippen LogP) is 3.13. The second-order valence-electron chi connectivity index (χ2n) is 5.75. The number of benzene rings is 1. The van der Waals surface area contributed by atoms with Gasteiger partial charge in [-0.2, -0.15) is 0 Å². The first-order chi connectivity index (χ1) is 9.13. The number of hydrogen-bond acceptors (Lipinski definition) is 2. The molecule has 1 aromatic carbocycles. The number of hydrogen-bond donors (Lipinski definition) is 1. The topological polar surface area (TPSA) is 15.3 Å². The molecule has 0 bridgehead atoms. The highest BCUT2D eigenvalue weighted by Crippen LogP contribution is 2.34. The van der Waals surface area contributed by atoms with Gasteiger partial charge in [-0.25, -0.2) is 4.39 Å². The Morgan fingerprint density at radius 2 is 2.16 bits per heavy atom. The van der Waals surface area contributed by atoms with Crippen LogP contribution in [0, 0.1) is 18.7 Å². The molecule has 2 rings (SSSR count). The van der Waals surface area contributed by atoms with Crippen LogP contribution in [-0.2, 0) is 0 Å². The molecule has 0 amide bonds. The van der Waals surface area contributed by atoms with Crippen molar-refractivity contribution in [2.24, 2.45) is 5.92 Å². The van der Waals surface area contributed by atoms with Gasteiger partial charge in [-0.3, -0.25) is 4.90 Å². The molecular weight excluding hydrogens is 239 g/mol. The van der Waals surface area contributed by atoms with Crippen molar-refractivity contribution >= 4 is 0 Å². The van der Waals surface area contributed by atoms with Crippen LogP contribution in [-0.4, -0.2) is 32.1 Å². The van der Waals surface area contributed by atoms with Crippen molar-refractivity contribution in [2.75, 3.05) is 27.2 Å². The van der Waals surface area contributed by atoms with Gasteiger partial charge in [0.2, 0.25) is 0 Å². The molecule has 0 radical (unpaired) electrons. The quantitative estimate of drug-likeness (QED) is 0.902. The van der Waals surface area contributed by atoms with E-state index < -0.39 is 0 Å². The Bertz CT molecular complexity index is 419. The number of aryl methyl sites for hydroxylation is 1. The van der Waals surface area contributed by atoms with E-state index in [1.807, 2.05) is 20.0 Å². The minimum Gasteiger partial charge on any atom is -0.319 e. The molecule has 0 aromatic heterocycles. The van der Waals surface area contributed by atoms with Crippen molar-refractivity contribution < 1.29 is 4.39 Å². The highest BCUT2D eigenvalue weighted by molar-refractivity contribution is 5.26. The molecule has 2 atom stereocenters. The Hall–Kier alpha value is -0.930. The zero-order valence-corrected chi connectivity index (χ0v) is 12.2. The molecule has 1 saturated heterocycles. The van der Waals surface area contributed by atoms with Crippen LogP contribution >= 0.6 is 0 Å². The van der Waals surface area contributed by atoms with Crippen LogP contribution in [0.5, 0.6) is 0 Å². The Balaban J connectivity index is 2.31. The fraction of sp³-hybridized carbons (Fsp3) is 0.625. The third-order valence-electron chi connectivity index (χ3n) is 4.26. The molecule has 1 aromatic rings. The minimum absolute atomic E-state index is 0.0849. The summed E-state index contributed by atoms with van der Waals surface area (Å²) >= 11 is 0. The molecule has 1 heterocycles. The molecule has 1 aliphatic heterocycles. The Labute approximate surface area is 116 Å². The van der Waals surface area contributed by atoms with E-state index in [4.69, 9.17) is 0 Å². The number of likely N-dealkylation sites (tertiary alicyclic amines) is 1. The maximum atomic E-state index is 13.8. The van der Waals surface area contributed by atoms with Crippen molar-refractivity contribution in [3.8, 4) is 0 Å². The smallest absolute Gasteiger partial charge is 0.126 e. The van der Waals surface area contributed by atoms with Crippen molar-refractivity contribution in [2.45, 2.75) is 32.2 Å². The summed E-state index contributed by atoms with van der Waals surface area (Å²) in [5, 5.41) is 3.29. The van der Waals surface area contributed by atoms with E-state index in [1.54, 1.807) is 6.07 Å². The van der Waals surface area contributed by atoms with Crippen LogP contribution in [0.3, 0.4) is 0 Å². The molecule has 3 heteroatoms. The maximum Gasteiger partial charge on any atom is 0.126 e. The van der Waals surface area contributed by atoms with E-state index in [0.29, 0.717) is 12.0 Å². The fourth-order valence-electron chi connectivity index (χ4n) is 3.22. The second kappa shape index (κ2) is 6.49. The first-order valence-corrected chi connectivity index (χ1v) is 7.24. The molecule has 0 aliphatic carbocycles. The van der Waals surface area contributed by atoms with Crippen molar-refractivity contribution in [3.63, 3.8) is 0 Å². The van der Waals surface area contributed by atoms with Gasteiger partial charge in [0.25, 0.3) is 0 Å². The lowest BCUT2D eigenvalue weighted by atomic mass is 9.89. The van der Waals surface area contributed by atoms with Crippen LogP contribution in [0.1, 0.15) is 36.4 Å². The van der Waals surface area contributed by atoms with Gasteiger partial charge < -0.3 is 5.32 Å². The van der Waals surface area contributed by atoms with E-state index in [-0.39, 0.29) is 5.82 Å². The molecule has 2 unspecified atom stereocenters. The maximum absolute atomic E-state index is 13.8. The molecule has 2 nitrogen and oxygen atoms in total. The molecule has 19 heavy (non-hydrogen) atoms. The van der Waals surface area contributed by atoms with E-state index >= 15 is 0 Å². The highest BCUT2D eigenvalue weighted by Gasteiger charge is 2.28. The minimum atomic E-state index is -0.0849. The summed E-state index contributed by atoms with van der Waals surface area (Å²) in [4.78, 5) is 2.39. The molecule has 1 aliphatic rings. The van der Waals surface area contributed by atoms with Crippen molar-refractivity contribution in [1.29, 1.82) is 0 Å². The fourth-order valence-corrected chi connectivity index (χ4v) is 3.22. The summed E-state index contributed by atoms with van der Waals surface area (Å²) in [5.41, 5.74) is 1.85. The number of nitrogens with zero attached hydrogens (tertiary/aromatic N) is 1. The number of halogens is 1. The average Bonchev–Trinajstić information content (AvgIpc) is 2.56. The Kier molecular flexibility index (Phi) is 4.94. The van der Waals surface area contributed by atoms with Gasteiger partial charge in [0.15, 0.2) is 0 Å². The van der Waals surface area contributed by atoms with Gasteiger partial charge in [0.1, 0.15) is 5.82 Å². The first kappa shape index (κ1) is 14.5. The van der Waals surface area contributed by atoms with E-state index in [2.05, 4.69) is 23.3 Å². The third-order valence-corrected chi connectivity index (χ3v) is 4.26. The lowest BCUT2D eigenvalue weighted by molar-refractivity contribution is 0.190. The first-order valence-electron chi connectivity index (χ1n) is 7.24. The van der Waals surface area contributed by atoms with Crippen LogP contribution in [0.2, 0.25) is 0 Å². The lowest BCUT2D eigenvalue weighted by Gasteiger charge is -2.33. The normalized spacial score (nSPS) is 25.3. The van der Waals surface area contributed by atoms with Crippen molar-refractivity contribution in [1.82, 2.24) is 10.2 Å². The molecule has 106 valence electrons. The van der Waals surface area contributed by atoms with Crippen molar-refractivity contribution in [3.05, 3.63) is 35.1 Å². The number of nitrogens with one attached hydrogen (secondary N) is 1. The SMILES string of the molecule is CNCC1CCCCN(C)C1c1ccc(C)c(F)c1. The summed E-state index contributed by atoms with van der Waals surface area (Å²) in [6.45, 7) is 3.91. The second-order valence-corrected chi connectivity index (χ2v) is 5.75. The largest absolute Gasteiger partial charge is 0.319 e. The summed E-state index contributed by atoms with van der Waals surface area (Å²) in [7, 11) is 4.16. The molecular formula is C16H25FN2. The van der Waals surface area contributed by atoms with E-state index in [1.165, 1.54) is 19.3 Å². The summed E-state index contributed by atoms with van der Waals surface area (Å²) in [6.07, 6.45) is 3.72. The van der Waals surface area contributed by atoms with Gasteiger partial charge in [-0.05, 0) is 70.1 Å². The monoisotopic (exact) mass is 264 g/mol. The van der Waals surface area contributed by atoms with Crippen LogP contribution in [0.4, 0.5) is 4.39 Å². The molecule has 1 fully saturated rings. The van der Waals surface area contributed by atoms with Crippen LogP contribution < -0.4 is 5.32 Å². The van der Waals surface area contributed by atoms with Gasteiger partial charge in [0.05, 0.1) is 0 Å². The zero-order valence-electron chi connectivity index (χ0n) is 12.2. The number of rotatable bonds is 3. The molecule has 1 N–H and O–H groups in total. The summed E-state index contributed by atoms with van der Waals surface area (Å²) < 4.78 is 13.8. The van der Waals surface area contributed by atoms with E-state index in [0.717, 1.165) is 24.2 Å². The summed E-state index contributed by atoms with van der Waals surface area (Å²) in [6, 6.07) is 6.04. The van der Waals surface area contributed by atoms with Crippen LogP contribution in [0.15, 0.2) is 18.2 Å². The van der Waals surface area contributed by atoms with E-state index in [9.17, 15) is 4.39 Å². The highest BCUT2D eigenvalue weighted by atomic mass is 19.1. The van der Waals surface area contributed by atoms with Gasteiger partial charge in [-0.1, -0.05) is 18.6 Å². The average molecular weight is 264 g/mol. The Morgan fingerprint density at radius 3 is 2.84 bits per heavy atom. The zero-order chi connectivity index (χ0) is 13.8. The standard InChI is InChI=1S/C16H25FN2/c1-12-7-8-13(10-15(12)17)16-14(11-18-2)6-4-5-9-19(16)3/h7-8,10,14,16,18H,4-6,9,11H2,1-3H3. The van der Waals surface area contributed by atoms with Gasteiger partial charge in [0, 0.05) is 6.04 Å². The van der Waals surface area contributed by atoms with Gasteiger partial charge in [-0.15, -0.1) is 0 Å². The van der Waals surface area contributed by atoms with Gasteiger partial charge >= 0.3 is 0 Å². The third kappa shape index (κ3) is 3.34. The Morgan fingerprint density at radius 1 is 1.37 bits per heavy atom. The lowest BCUT2D eigenvalue weighted by Crippen LogP contribution is -2.34. The molecule has 0 saturated carbocycles.